The summed E-state index contributed by atoms with van der Waals surface area (Å²) in [7, 11) is 0. The second-order valence-corrected chi connectivity index (χ2v) is 6.93. The van der Waals surface area contributed by atoms with E-state index < -0.39 is 11.8 Å². The number of nitrogens with zero attached hydrogens (tertiary/aromatic N) is 3. The van der Waals surface area contributed by atoms with Crippen LogP contribution in [-0.4, -0.2) is 33.7 Å². The van der Waals surface area contributed by atoms with Gasteiger partial charge in [0.15, 0.2) is 11.5 Å². The van der Waals surface area contributed by atoms with Gasteiger partial charge < -0.3 is 9.84 Å². The molecule has 4 aromatic rings. The van der Waals surface area contributed by atoms with Gasteiger partial charge in [-0.1, -0.05) is 77.2 Å². The number of nitrogens with one attached hydrogen (secondary N) is 2. The van der Waals surface area contributed by atoms with Crippen molar-refractivity contribution in [1.29, 1.82) is 0 Å². The molecular formula is C20H15N5O3S. The molecule has 0 radical (unpaired) electrons. The largest absolute Gasteiger partial charge is 0.355 e. The minimum Gasteiger partial charge on any atom is -0.355 e. The highest BCUT2D eigenvalue weighted by Crippen LogP contribution is 2.25. The summed E-state index contributed by atoms with van der Waals surface area (Å²) in [5, 5.41) is 17.9. The average molecular weight is 405 g/mol. The highest BCUT2D eigenvalue weighted by molar-refractivity contribution is 7.18. The van der Waals surface area contributed by atoms with E-state index in [1.807, 2.05) is 60.7 Å². The Morgan fingerprint density at radius 2 is 1.62 bits per heavy atom. The SMILES string of the molecule is O=C(CNC(=O)c1cc(-c2ccccc2)on1)Nc1nnc(-c2ccccc2)s1. The van der Waals surface area contributed by atoms with Gasteiger partial charge in [0.25, 0.3) is 5.91 Å². The van der Waals surface area contributed by atoms with Gasteiger partial charge >= 0.3 is 0 Å². The van der Waals surface area contributed by atoms with E-state index in [1.54, 1.807) is 0 Å². The molecule has 2 amide bonds. The zero-order chi connectivity index (χ0) is 20.1. The molecule has 0 aliphatic heterocycles. The van der Waals surface area contributed by atoms with Crippen molar-refractivity contribution >= 4 is 28.3 Å². The van der Waals surface area contributed by atoms with Crippen molar-refractivity contribution < 1.29 is 14.1 Å². The number of hydrogen-bond acceptors (Lipinski definition) is 7. The van der Waals surface area contributed by atoms with E-state index in [1.165, 1.54) is 17.4 Å². The third-order valence-electron chi connectivity index (χ3n) is 3.90. The minimum absolute atomic E-state index is 0.0962. The number of amides is 2. The molecule has 2 aromatic heterocycles. The normalized spacial score (nSPS) is 10.5. The van der Waals surface area contributed by atoms with Crippen LogP contribution in [0.1, 0.15) is 10.5 Å². The van der Waals surface area contributed by atoms with E-state index in [0.29, 0.717) is 15.9 Å². The number of carbonyl (C=O) groups is 2. The second-order valence-electron chi connectivity index (χ2n) is 5.95. The predicted molar refractivity (Wildman–Crippen MR) is 108 cm³/mol. The molecular weight excluding hydrogens is 390 g/mol. The van der Waals surface area contributed by atoms with Crippen LogP contribution in [-0.2, 0) is 4.79 Å². The lowest BCUT2D eigenvalue weighted by molar-refractivity contribution is -0.115. The van der Waals surface area contributed by atoms with Crippen molar-refractivity contribution in [2.24, 2.45) is 0 Å². The zero-order valence-electron chi connectivity index (χ0n) is 15.0. The second kappa shape index (κ2) is 8.44. The van der Waals surface area contributed by atoms with Crippen LogP contribution in [0.5, 0.6) is 0 Å². The maximum absolute atomic E-state index is 12.2. The Balaban J connectivity index is 1.31. The lowest BCUT2D eigenvalue weighted by atomic mass is 10.1. The fourth-order valence-corrected chi connectivity index (χ4v) is 3.27. The van der Waals surface area contributed by atoms with E-state index >= 15 is 0 Å². The Bertz CT molecular complexity index is 1130. The maximum atomic E-state index is 12.2. The van der Waals surface area contributed by atoms with Crippen LogP contribution in [0.3, 0.4) is 0 Å². The molecule has 29 heavy (non-hydrogen) atoms. The summed E-state index contributed by atoms with van der Waals surface area (Å²) in [6.07, 6.45) is 0. The molecule has 0 aliphatic carbocycles. The molecule has 0 fully saturated rings. The fourth-order valence-electron chi connectivity index (χ4n) is 2.51. The molecule has 8 nitrogen and oxygen atoms in total. The molecule has 0 atom stereocenters. The first-order valence-electron chi connectivity index (χ1n) is 8.68. The third kappa shape index (κ3) is 4.53. The topological polar surface area (TPSA) is 110 Å². The summed E-state index contributed by atoms with van der Waals surface area (Å²) in [6, 6.07) is 20.4. The van der Waals surface area contributed by atoms with E-state index in [0.717, 1.165) is 11.1 Å². The van der Waals surface area contributed by atoms with Gasteiger partial charge in [0, 0.05) is 17.2 Å². The number of aromatic nitrogens is 3. The number of carbonyl (C=O) groups excluding carboxylic acids is 2. The zero-order valence-corrected chi connectivity index (χ0v) is 15.8. The molecule has 0 saturated carbocycles. The van der Waals surface area contributed by atoms with Crippen molar-refractivity contribution in [1.82, 2.24) is 20.7 Å². The number of hydrogen-bond donors (Lipinski definition) is 2. The van der Waals surface area contributed by atoms with Crippen LogP contribution in [0, 0.1) is 0 Å². The maximum Gasteiger partial charge on any atom is 0.273 e. The fraction of sp³-hybridized carbons (Fsp3) is 0.0500. The molecule has 2 N–H and O–H groups in total. The van der Waals surface area contributed by atoms with Gasteiger partial charge in [-0.2, -0.15) is 0 Å². The first kappa shape index (κ1) is 18.5. The van der Waals surface area contributed by atoms with Crippen LogP contribution in [0.4, 0.5) is 5.13 Å². The molecule has 0 aliphatic rings. The molecule has 9 heteroatoms. The molecule has 0 unspecified atom stereocenters. The van der Waals surface area contributed by atoms with Crippen LogP contribution < -0.4 is 10.6 Å². The Morgan fingerprint density at radius 1 is 0.931 bits per heavy atom. The molecule has 2 aromatic carbocycles. The van der Waals surface area contributed by atoms with Gasteiger partial charge in [0.1, 0.15) is 5.01 Å². The van der Waals surface area contributed by atoms with E-state index in [-0.39, 0.29) is 12.2 Å². The minimum atomic E-state index is -0.506. The number of rotatable bonds is 6. The van der Waals surface area contributed by atoms with E-state index in [4.69, 9.17) is 4.52 Å². The van der Waals surface area contributed by atoms with Crippen molar-refractivity contribution in [3.63, 3.8) is 0 Å². The van der Waals surface area contributed by atoms with Gasteiger partial charge in [-0.3, -0.25) is 14.9 Å². The molecule has 0 saturated heterocycles. The number of benzene rings is 2. The first-order chi connectivity index (χ1) is 14.2. The summed E-state index contributed by atoms with van der Waals surface area (Å²) in [5.41, 5.74) is 1.82. The highest BCUT2D eigenvalue weighted by atomic mass is 32.1. The monoisotopic (exact) mass is 405 g/mol. The Labute approximate surface area is 169 Å². The van der Waals surface area contributed by atoms with Gasteiger partial charge in [0.05, 0.1) is 6.54 Å². The first-order valence-corrected chi connectivity index (χ1v) is 9.50. The molecule has 2 heterocycles. The summed E-state index contributed by atoms with van der Waals surface area (Å²) in [4.78, 5) is 24.3. The van der Waals surface area contributed by atoms with Gasteiger partial charge in [-0.15, -0.1) is 10.2 Å². The van der Waals surface area contributed by atoms with Crippen LogP contribution in [0.2, 0.25) is 0 Å². The smallest absolute Gasteiger partial charge is 0.273 e. The van der Waals surface area contributed by atoms with Gasteiger partial charge in [-0.05, 0) is 0 Å². The summed E-state index contributed by atoms with van der Waals surface area (Å²) in [6.45, 7) is -0.230. The summed E-state index contributed by atoms with van der Waals surface area (Å²) >= 11 is 1.25. The summed E-state index contributed by atoms with van der Waals surface area (Å²) in [5.74, 6) is -0.447. The van der Waals surface area contributed by atoms with E-state index in [9.17, 15) is 9.59 Å². The van der Waals surface area contributed by atoms with Crippen LogP contribution in [0.15, 0.2) is 71.3 Å². The van der Waals surface area contributed by atoms with Crippen molar-refractivity contribution in [3.8, 4) is 21.9 Å². The highest BCUT2D eigenvalue weighted by Gasteiger charge is 2.15. The third-order valence-corrected chi connectivity index (χ3v) is 4.79. The Hall–Kier alpha value is -3.85. The van der Waals surface area contributed by atoms with Gasteiger partial charge in [-0.25, -0.2) is 0 Å². The quantitative estimate of drug-likeness (QED) is 0.510. The molecule has 144 valence electrons. The van der Waals surface area contributed by atoms with Gasteiger partial charge in [0.2, 0.25) is 11.0 Å². The molecule has 0 spiro atoms. The van der Waals surface area contributed by atoms with Crippen LogP contribution >= 0.6 is 11.3 Å². The van der Waals surface area contributed by atoms with Crippen molar-refractivity contribution in [2.45, 2.75) is 0 Å². The molecule has 0 bridgehead atoms. The lowest BCUT2D eigenvalue weighted by Crippen LogP contribution is -2.33. The Kier molecular flexibility index (Phi) is 5.39. The standard InChI is InChI=1S/C20H15N5O3S/c26-17(22-20-24-23-19(29-20)14-9-5-2-6-10-14)12-21-18(27)15-11-16(28-25-15)13-7-3-1-4-8-13/h1-11H,12H2,(H,21,27)(H,22,24,26). The van der Waals surface area contributed by atoms with Crippen LogP contribution in [0.25, 0.3) is 21.9 Å². The average Bonchev–Trinajstić information content (AvgIpc) is 3.43. The number of anilines is 1. The Morgan fingerprint density at radius 3 is 2.34 bits per heavy atom. The molecule has 4 rings (SSSR count). The lowest BCUT2D eigenvalue weighted by Gasteiger charge is -2.02. The summed E-state index contributed by atoms with van der Waals surface area (Å²) < 4.78 is 5.19. The van der Waals surface area contributed by atoms with Crippen molar-refractivity contribution in [3.05, 3.63) is 72.4 Å². The predicted octanol–water partition coefficient (Wildman–Crippen LogP) is 3.23. The van der Waals surface area contributed by atoms with Crippen molar-refractivity contribution in [2.75, 3.05) is 11.9 Å². The van der Waals surface area contributed by atoms with E-state index in [2.05, 4.69) is 26.0 Å².